The fraction of sp³-hybridized carbons (Fsp3) is 0.857. The Morgan fingerprint density at radius 2 is 2.11 bits per heavy atom. The van der Waals surface area contributed by atoms with Crippen molar-refractivity contribution < 1.29 is 14.7 Å². The molecule has 2 fully saturated rings. The molecule has 2 saturated carbocycles. The molecular formula is C14H24N2O3. The van der Waals surface area contributed by atoms with Gasteiger partial charge in [-0.05, 0) is 43.4 Å². The number of carboxylic acids is 1. The van der Waals surface area contributed by atoms with Crippen molar-refractivity contribution in [1.82, 2.24) is 10.2 Å². The minimum absolute atomic E-state index is 0.267. The van der Waals surface area contributed by atoms with E-state index in [2.05, 4.69) is 5.32 Å². The van der Waals surface area contributed by atoms with Gasteiger partial charge in [0.2, 0.25) is 0 Å². The first kappa shape index (κ1) is 14.2. The molecule has 4 atom stereocenters. The molecule has 2 aliphatic carbocycles. The molecule has 108 valence electrons. The summed E-state index contributed by atoms with van der Waals surface area (Å²) >= 11 is 0. The van der Waals surface area contributed by atoms with Crippen LogP contribution in [0.1, 0.15) is 39.0 Å². The van der Waals surface area contributed by atoms with E-state index in [4.69, 9.17) is 5.11 Å². The molecule has 2 bridgehead atoms. The fourth-order valence-corrected chi connectivity index (χ4v) is 3.63. The molecule has 2 rings (SSSR count). The van der Waals surface area contributed by atoms with E-state index in [-0.39, 0.29) is 6.03 Å². The minimum Gasteiger partial charge on any atom is -0.480 e. The van der Waals surface area contributed by atoms with E-state index < -0.39 is 12.0 Å². The normalized spacial score (nSPS) is 30.1. The van der Waals surface area contributed by atoms with E-state index >= 15 is 0 Å². The third-order valence-electron chi connectivity index (χ3n) is 4.74. The zero-order valence-electron chi connectivity index (χ0n) is 11.8. The molecule has 0 spiro atoms. The summed E-state index contributed by atoms with van der Waals surface area (Å²) in [5, 5.41) is 11.5. The number of rotatable bonds is 5. The van der Waals surface area contributed by atoms with Crippen LogP contribution >= 0.6 is 0 Å². The monoisotopic (exact) mass is 268 g/mol. The highest BCUT2D eigenvalue weighted by molar-refractivity contribution is 5.82. The van der Waals surface area contributed by atoms with Gasteiger partial charge in [0.1, 0.15) is 6.04 Å². The number of nitrogens with one attached hydrogen (secondary N) is 1. The molecule has 0 aromatic carbocycles. The van der Waals surface area contributed by atoms with Crippen LogP contribution in [0.2, 0.25) is 0 Å². The van der Waals surface area contributed by atoms with Crippen LogP contribution in [0.4, 0.5) is 4.79 Å². The lowest BCUT2D eigenvalue weighted by molar-refractivity contribution is -0.139. The van der Waals surface area contributed by atoms with Gasteiger partial charge in [0, 0.05) is 13.6 Å². The van der Waals surface area contributed by atoms with Crippen LogP contribution in [-0.4, -0.2) is 41.6 Å². The topological polar surface area (TPSA) is 69.6 Å². The third-order valence-corrected chi connectivity index (χ3v) is 4.74. The average Bonchev–Trinajstić information content (AvgIpc) is 2.97. The lowest BCUT2D eigenvalue weighted by Crippen LogP contribution is -2.47. The van der Waals surface area contributed by atoms with E-state index in [1.165, 1.54) is 25.7 Å². The van der Waals surface area contributed by atoms with Crippen molar-refractivity contribution in [3.05, 3.63) is 0 Å². The van der Waals surface area contributed by atoms with Crippen molar-refractivity contribution >= 4 is 12.0 Å². The zero-order chi connectivity index (χ0) is 14.0. The molecule has 3 unspecified atom stereocenters. The fourth-order valence-electron chi connectivity index (χ4n) is 3.63. The molecule has 5 nitrogen and oxygen atoms in total. The summed E-state index contributed by atoms with van der Waals surface area (Å²) < 4.78 is 0. The Hall–Kier alpha value is -1.26. The second kappa shape index (κ2) is 5.80. The van der Waals surface area contributed by atoms with E-state index in [1.54, 1.807) is 18.9 Å². The Bertz CT molecular complexity index is 359. The van der Waals surface area contributed by atoms with Crippen LogP contribution in [0.25, 0.3) is 0 Å². The molecular weight excluding hydrogens is 244 g/mol. The summed E-state index contributed by atoms with van der Waals surface area (Å²) in [6.45, 7) is 2.51. The summed E-state index contributed by atoms with van der Waals surface area (Å²) in [6.07, 6.45) is 5.62. The first-order chi connectivity index (χ1) is 9.01. The van der Waals surface area contributed by atoms with E-state index in [1.807, 2.05) is 0 Å². The maximum Gasteiger partial charge on any atom is 0.326 e. The van der Waals surface area contributed by atoms with Crippen molar-refractivity contribution in [3.8, 4) is 0 Å². The Labute approximate surface area is 114 Å². The Balaban J connectivity index is 1.80. The number of hydrogen-bond acceptors (Lipinski definition) is 2. The second-order valence-electron chi connectivity index (χ2n) is 6.06. The third kappa shape index (κ3) is 3.19. The van der Waals surface area contributed by atoms with Gasteiger partial charge in [0.15, 0.2) is 0 Å². The summed E-state index contributed by atoms with van der Waals surface area (Å²) in [5.74, 6) is 1.29. The molecule has 0 radical (unpaired) electrons. The van der Waals surface area contributed by atoms with Gasteiger partial charge in [-0.25, -0.2) is 9.59 Å². The van der Waals surface area contributed by atoms with Crippen LogP contribution in [0.15, 0.2) is 0 Å². The Morgan fingerprint density at radius 1 is 1.37 bits per heavy atom. The molecule has 2 N–H and O–H groups in total. The van der Waals surface area contributed by atoms with Gasteiger partial charge in [0.05, 0.1) is 0 Å². The summed E-state index contributed by atoms with van der Waals surface area (Å²) in [6, 6.07) is -1.05. The number of carboxylic acid groups (broad SMARTS) is 1. The van der Waals surface area contributed by atoms with Crippen molar-refractivity contribution in [1.29, 1.82) is 0 Å². The standard InChI is InChI=1S/C14H24N2O3/c1-3-12(13(17)18)15-14(19)16(2)8-11-7-9-4-5-10(11)6-9/h9-12H,3-8H2,1-2H3,(H,15,19)(H,17,18)/t9?,10?,11?,12-/m0/s1. The molecule has 2 aliphatic rings. The van der Waals surface area contributed by atoms with Gasteiger partial charge in [-0.3, -0.25) is 0 Å². The minimum atomic E-state index is -0.968. The number of carbonyl (C=O) groups is 2. The number of nitrogens with zero attached hydrogens (tertiary/aromatic N) is 1. The number of urea groups is 1. The average molecular weight is 268 g/mol. The zero-order valence-corrected chi connectivity index (χ0v) is 11.8. The van der Waals surface area contributed by atoms with Crippen LogP contribution in [-0.2, 0) is 4.79 Å². The van der Waals surface area contributed by atoms with Crippen LogP contribution in [0.3, 0.4) is 0 Å². The van der Waals surface area contributed by atoms with Crippen molar-refractivity contribution in [2.24, 2.45) is 17.8 Å². The lowest BCUT2D eigenvalue weighted by atomic mass is 9.88. The van der Waals surface area contributed by atoms with Crippen LogP contribution in [0.5, 0.6) is 0 Å². The smallest absolute Gasteiger partial charge is 0.326 e. The molecule has 19 heavy (non-hydrogen) atoms. The highest BCUT2D eigenvalue weighted by atomic mass is 16.4. The molecule has 0 aromatic rings. The Kier molecular flexibility index (Phi) is 4.32. The molecule has 0 aromatic heterocycles. The maximum atomic E-state index is 12.0. The molecule has 0 heterocycles. The van der Waals surface area contributed by atoms with Gasteiger partial charge < -0.3 is 15.3 Å². The highest BCUT2D eigenvalue weighted by Gasteiger charge is 2.40. The second-order valence-corrected chi connectivity index (χ2v) is 6.06. The first-order valence-corrected chi connectivity index (χ1v) is 7.25. The largest absolute Gasteiger partial charge is 0.480 e. The number of aliphatic carboxylic acids is 1. The summed E-state index contributed by atoms with van der Waals surface area (Å²) in [5.41, 5.74) is 0. The van der Waals surface area contributed by atoms with Crippen molar-refractivity contribution in [2.75, 3.05) is 13.6 Å². The van der Waals surface area contributed by atoms with E-state index in [0.29, 0.717) is 12.3 Å². The quantitative estimate of drug-likeness (QED) is 0.800. The summed E-state index contributed by atoms with van der Waals surface area (Å²) in [7, 11) is 1.76. The van der Waals surface area contributed by atoms with Gasteiger partial charge in [-0.2, -0.15) is 0 Å². The van der Waals surface area contributed by atoms with E-state index in [9.17, 15) is 9.59 Å². The van der Waals surface area contributed by atoms with Crippen molar-refractivity contribution in [2.45, 2.75) is 45.1 Å². The number of fused-ring (bicyclic) bond motifs is 2. The number of hydrogen-bond donors (Lipinski definition) is 2. The molecule has 0 saturated heterocycles. The van der Waals surface area contributed by atoms with Gasteiger partial charge >= 0.3 is 12.0 Å². The predicted molar refractivity (Wildman–Crippen MR) is 71.8 cm³/mol. The highest BCUT2D eigenvalue weighted by Crippen LogP contribution is 2.48. The van der Waals surface area contributed by atoms with Crippen molar-refractivity contribution in [3.63, 3.8) is 0 Å². The van der Waals surface area contributed by atoms with Gasteiger partial charge in [-0.1, -0.05) is 13.3 Å². The maximum absolute atomic E-state index is 12.0. The van der Waals surface area contributed by atoms with Gasteiger partial charge in [0.25, 0.3) is 0 Å². The lowest BCUT2D eigenvalue weighted by Gasteiger charge is -2.28. The predicted octanol–water partition coefficient (Wildman–Crippen LogP) is 1.93. The van der Waals surface area contributed by atoms with Crippen LogP contribution in [0, 0.1) is 17.8 Å². The first-order valence-electron chi connectivity index (χ1n) is 7.25. The number of amides is 2. The van der Waals surface area contributed by atoms with Gasteiger partial charge in [-0.15, -0.1) is 0 Å². The van der Waals surface area contributed by atoms with E-state index in [0.717, 1.165) is 18.4 Å². The Morgan fingerprint density at radius 3 is 2.58 bits per heavy atom. The molecule has 0 aliphatic heterocycles. The van der Waals surface area contributed by atoms with Crippen LogP contribution < -0.4 is 5.32 Å². The number of carbonyl (C=O) groups excluding carboxylic acids is 1. The molecule has 2 amide bonds. The SMILES string of the molecule is CC[C@H](NC(=O)N(C)CC1CC2CCC1C2)C(=O)O. The summed E-state index contributed by atoms with van der Waals surface area (Å²) in [4.78, 5) is 24.5. The molecule has 5 heteroatoms.